The highest BCUT2D eigenvalue weighted by atomic mass is 32.2. The first-order valence-electron chi connectivity index (χ1n) is 5.14. The van der Waals surface area contributed by atoms with Crippen molar-refractivity contribution < 1.29 is 9.53 Å². The Hall–Kier alpha value is -1.30. The van der Waals surface area contributed by atoms with Gasteiger partial charge in [-0.3, -0.25) is 9.59 Å². The van der Waals surface area contributed by atoms with Crippen LogP contribution in [0, 0.1) is 12.3 Å². The molecule has 0 amide bonds. The van der Waals surface area contributed by atoms with Crippen LogP contribution in [0.1, 0.15) is 19.5 Å². The van der Waals surface area contributed by atoms with Gasteiger partial charge in [-0.1, -0.05) is 11.8 Å². The van der Waals surface area contributed by atoms with E-state index in [1.807, 2.05) is 0 Å². The first-order chi connectivity index (χ1) is 7.85. The molecule has 0 aliphatic carbocycles. The van der Waals surface area contributed by atoms with E-state index in [2.05, 4.69) is 9.97 Å². The zero-order valence-corrected chi connectivity index (χ0v) is 11.2. The van der Waals surface area contributed by atoms with E-state index in [-0.39, 0.29) is 11.5 Å². The second-order valence-electron chi connectivity index (χ2n) is 4.36. The fourth-order valence-electron chi connectivity index (χ4n) is 1.20. The van der Waals surface area contributed by atoms with Crippen molar-refractivity contribution in [2.24, 2.45) is 5.41 Å². The van der Waals surface area contributed by atoms with Crippen LogP contribution in [0.2, 0.25) is 0 Å². The number of thioether (sulfide) groups is 1. The molecule has 0 spiro atoms. The van der Waals surface area contributed by atoms with Crippen LogP contribution in [0.15, 0.2) is 16.0 Å². The molecule has 1 aromatic rings. The van der Waals surface area contributed by atoms with E-state index in [1.54, 1.807) is 20.8 Å². The highest BCUT2D eigenvalue weighted by Gasteiger charge is 2.29. The number of esters is 1. The molecule has 0 aliphatic heterocycles. The molecular formula is C11H16N2O3S. The van der Waals surface area contributed by atoms with Crippen molar-refractivity contribution in [3.63, 3.8) is 0 Å². The first kappa shape index (κ1) is 13.8. The summed E-state index contributed by atoms with van der Waals surface area (Å²) >= 11 is 1.33. The van der Waals surface area contributed by atoms with Crippen LogP contribution in [-0.4, -0.2) is 28.8 Å². The summed E-state index contributed by atoms with van der Waals surface area (Å²) in [5, 5.41) is 0.520. The van der Waals surface area contributed by atoms with Crippen molar-refractivity contribution in [3.8, 4) is 0 Å². The van der Waals surface area contributed by atoms with Crippen molar-refractivity contribution in [3.05, 3.63) is 22.1 Å². The molecule has 0 radical (unpaired) electrons. The maximum atomic E-state index is 11.5. The zero-order chi connectivity index (χ0) is 13.1. The molecule has 1 heterocycles. The number of carbonyl (C=O) groups is 1. The molecule has 1 N–H and O–H groups in total. The van der Waals surface area contributed by atoms with Crippen molar-refractivity contribution in [2.45, 2.75) is 25.9 Å². The fourth-order valence-corrected chi connectivity index (χ4v) is 2.20. The van der Waals surface area contributed by atoms with Crippen LogP contribution in [0.4, 0.5) is 0 Å². The van der Waals surface area contributed by atoms with Gasteiger partial charge in [0.15, 0.2) is 5.16 Å². The second kappa shape index (κ2) is 5.35. The molecule has 5 nitrogen and oxygen atoms in total. The number of methoxy groups -OCH3 is 1. The second-order valence-corrected chi connectivity index (χ2v) is 5.32. The number of carbonyl (C=O) groups excluding carboxylic acids is 1. The van der Waals surface area contributed by atoms with Crippen LogP contribution >= 0.6 is 11.8 Å². The van der Waals surface area contributed by atoms with Gasteiger partial charge in [0.2, 0.25) is 0 Å². The summed E-state index contributed by atoms with van der Waals surface area (Å²) < 4.78 is 4.71. The summed E-state index contributed by atoms with van der Waals surface area (Å²) in [6, 6.07) is 1.43. The molecule has 0 bridgehead atoms. The smallest absolute Gasteiger partial charge is 0.312 e. The highest BCUT2D eigenvalue weighted by Crippen LogP contribution is 2.26. The number of rotatable bonds is 4. The number of nitrogens with one attached hydrogen (secondary N) is 1. The minimum atomic E-state index is -0.609. The third-order valence-corrected chi connectivity index (χ3v) is 3.49. The third-order valence-electron chi connectivity index (χ3n) is 2.16. The minimum Gasteiger partial charge on any atom is -0.469 e. The van der Waals surface area contributed by atoms with Gasteiger partial charge in [0.25, 0.3) is 5.56 Å². The number of hydrogen-bond acceptors (Lipinski definition) is 5. The number of nitrogens with zero attached hydrogens (tertiary/aromatic N) is 1. The summed E-state index contributed by atoms with van der Waals surface area (Å²) in [6.45, 7) is 5.34. The molecule has 0 aliphatic rings. The predicted octanol–water partition coefficient (Wildman–Crippen LogP) is 1.37. The highest BCUT2D eigenvalue weighted by molar-refractivity contribution is 7.99. The molecule has 1 aromatic heterocycles. The molecule has 94 valence electrons. The Kier molecular flexibility index (Phi) is 4.34. The van der Waals surface area contributed by atoms with E-state index in [0.717, 1.165) is 0 Å². The topological polar surface area (TPSA) is 72.0 Å². The van der Waals surface area contributed by atoms with Crippen LogP contribution in [0.25, 0.3) is 0 Å². The Morgan fingerprint density at radius 2 is 2.24 bits per heavy atom. The van der Waals surface area contributed by atoms with E-state index in [4.69, 9.17) is 4.74 Å². The lowest BCUT2D eigenvalue weighted by atomic mass is 9.97. The van der Waals surface area contributed by atoms with Gasteiger partial charge in [-0.2, -0.15) is 0 Å². The first-order valence-corrected chi connectivity index (χ1v) is 6.13. The Labute approximate surface area is 104 Å². The van der Waals surface area contributed by atoms with E-state index in [1.165, 1.54) is 24.9 Å². The number of aromatic nitrogens is 2. The molecule has 0 aromatic carbocycles. The number of hydrogen-bond donors (Lipinski definition) is 1. The normalized spacial score (nSPS) is 11.3. The molecule has 6 heteroatoms. The minimum absolute atomic E-state index is 0.184. The predicted molar refractivity (Wildman–Crippen MR) is 66.1 cm³/mol. The van der Waals surface area contributed by atoms with E-state index >= 15 is 0 Å². The van der Waals surface area contributed by atoms with E-state index in [9.17, 15) is 9.59 Å². The maximum Gasteiger partial charge on any atom is 0.312 e. The Balaban J connectivity index is 2.73. The summed E-state index contributed by atoms with van der Waals surface area (Å²) in [6.07, 6.45) is 0. The summed E-state index contributed by atoms with van der Waals surface area (Å²) in [5.74, 6) is 0.214. The fraction of sp³-hybridized carbons (Fsp3) is 0.545. The lowest BCUT2D eigenvalue weighted by molar-refractivity contribution is -0.149. The molecule has 17 heavy (non-hydrogen) atoms. The van der Waals surface area contributed by atoms with Crippen LogP contribution in [0.5, 0.6) is 0 Å². The maximum absolute atomic E-state index is 11.5. The van der Waals surface area contributed by atoms with Gasteiger partial charge in [0.1, 0.15) is 0 Å². The number of aryl methyl sites for hydroxylation is 1. The van der Waals surface area contributed by atoms with Gasteiger partial charge in [0, 0.05) is 17.5 Å². The van der Waals surface area contributed by atoms with Gasteiger partial charge < -0.3 is 9.72 Å². The van der Waals surface area contributed by atoms with Gasteiger partial charge >= 0.3 is 5.97 Å². The molecule has 0 saturated carbocycles. The Morgan fingerprint density at radius 3 is 2.76 bits per heavy atom. The van der Waals surface area contributed by atoms with Crippen molar-refractivity contribution in [2.75, 3.05) is 12.9 Å². The Morgan fingerprint density at radius 1 is 1.59 bits per heavy atom. The molecule has 0 atom stereocenters. The van der Waals surface area contributed by atoms with E-state index in [0.29, 0.717) is 16.6 Å². The lowest BCUT2D eigenvalue weighted by Crippen LogP contribution is -2.28. The monoisotopic (exact) mass is 256 g/mol. The number of aromatic amines is 1. The molecule has 0 unspecified atom stereocenters. The summed E-state index contributed by atoms with van der Waals surface area (Å²) in [4.78, 5) is 29.5. The largest absolute Gasteiger partial charge is 0.469 e. The standard InChI is InChI=1S/C11H16N2O3S/c1-7-5-8(14)13-10(12-7)17-6-11(2,3)9(15)16-4/h5H,6H2,1-4H3,(H,12,13,14). The average Bonchev–Trinajstić information content (AvgIpc) is 2.24. The van der Waals surface area contributed by atoms with Gasteiger partial charge in [-0.25, -0.2) is 4.98 Å². The summed E-state index contributed by atoms with van der Waals surface area (Å²) in [7, 11) is 1.36. The lowest BCUT2D eigenvalue weighted by Gasteiger charge is -2.20. The number of ether oxygens (including phenoxy) is 1. The van der Waals surface area contributed by atoms with Crippen LogP contribution in [0.3, 0.4) is 0 Å². The quantitative estimate of drug-likeness (QED) is 0.500. The summed E-state index contributed by atoms with van der Waals surface area (Å²) in [5.41, 5.74) is -0.134. The van der Waals surface area contributed by atoms with Crippen molar-refractivity contribution >= 4 is 17.7 Å². The van der Waals surface area contributed by atoms with Crippen molar-refractivity contribution in [1.29, 1.82) is 0 Å². The molecule has 0 fully saturated rings. The molecule has 1 rings (SSSR count). The number of H-pyrrole nitrogens is 1. The molecule has 0 saturated heterocycles. The zero-order valence-electron chi connectivity index (χ0n) is 10.4. The van der Waals surface area contributed by atoms with E-state index < -0.39 is 5.41 Å². The Bertz CT molecular complexity index is 468. The third kappa shape index (κ3) is 3.89. The van der Waals surface area contributed by atoms with Gasteiger partial charge in [-0.05, 0) is 20.8 Å². The van der Waals surface area contributed by atoms with Gasteiger partial charge in [0.05, 0.1) is 12.5 Å². The SMILES string of the molecule is COC(=O)C(C)(C)CSc1nc(C)cc(=O)[nH]1. The average molecular weight is 256 g/mol. The molecular weight excluding hydrogens is 240 g/mol. The van der Waals surface area contributed by atoms with Crippen LogP contribution in [-0.2, 0) is 9.53 Å². The van der Waals surface area contributed by atoms with Crippen molar-refractivity contribution in [1.82, 2.24) is 9.97 Å². The van der Waals surface area contributed by atoms with Crippen LogP contribution < -0.4 is 5.56 Å². The van der Waals surface area contributed by atoms with Gasteiger partial charge in [-0.15, -0.1) is 0 Å².